The number of carbonyl (C=O) groups is 1. The van der Waals surface area contributed by atoms with E-state index in [0.29, 0.717) is 22.8 Å². The molecule has 3 aromatic carbocycles. The van der Waals surface area contributed by atoms with Crippen molar-refractivity contribution in [3.8, 4) is 17.2 Å². The molecule has 6 rings (SSSR count). The second-order valence-corrected chi connectivity index (χ2v) is 9.89. The second-order valence-electron chi connectivity index (χ2n) is 8.06. The zero-order valence-corrected chi connectivity index (χ0v) is 22.6. The number of nitrogens with one attached hydrogen (secondary N) is 2. The molecule has 0 bridgehead atoms. The summed E-state index contributed by atoms with van der Waals surface area (Å²) < 4.78 is 23.5. The molecule has 1 unspecified atom stereocenters. The molecule has 184 valence electrons. The largest absolute Gasteiger partial charge is 0.493 e. The SMILES string of the molecule is Brc1ccc2cc[nH]c2c1.COC(=O)C(c1cc(OC)c2c(c1)OCO2)c1c[nH]c2cc(Br)ccc12. The number of esters is 1. The van der Waals surface area contributed by atoms with Gasteiger partial charge in [-0.25, -0.2) is 0 Å². The van der Waals surface area contributed by atoms with E-state index in [1.165, 1.54) is 18.0 Å². The molecule has 3 heterocycles. The summed E-state index contributed by atoms with van der Waals surface area (Å²) in [5, 5.41) is 2.20. The number of rotatable bonds is 4. The van der Waals surface area contributed by atoms with Crippen LogP contribution in [0.1, 0.15) is 17.0 Å². The van der Waals surface area contributed by atoms with Crippen molar-refractivity contribution in [3.63, 3.8) is 0 Å². The Balaban J connectivity index is 0.000000222. The first-order chi connectivity index (χ1) is 17.5. The molecule has 2 N–H and O–H groups in total. The average Bonchev–Trinajstić information content (AvgIpc) is 3.63. The monoisotopic (exact) mass is 612 g/mol. The van der Waals surface area contributed by atoms with Gasteiger partial charge in [-0.1, -0.05) is 44.0 Å². The summed E-state index contributed by atoms with van der Waals surface area (Å²) >= 11 is 6.86. The van der Waals surface area contributed by atoms with Gasteiger partial charge in [-0.3, -0.25) is 4.79 Å². The molecule has 36 heavy (non-hydrogen) atoms. The number of aromatic nitrogens is 2. The van der Waals surface area contributed by atoms with Gasteiger partial charge < -0.3 is 28.9 Å². The Hall–Kier alpha value is -3.43. The van der Waals surface area contributed by atoms with Gasteiger partial charge >= 0.3 is 5.97 Å². The fourth-order valence-corrected chi connectivity index (χ4v) is 4.98. The predicted octanol–water partition coefficient (Wildman–Crippen LogP) is 6.90. The number of benzene rings is 3. The lowest BCUT2D eigenvalue weighted by Gasteiger charge is -2.16. The zero-order chi connectivity index (χ0) is 25.2. The summed E-state index contributed by atoms with van der Waals surface area (Å²) in [4.78, 5) is 19.0. The number of ether oxygens (including phenoxy) is 4. The first-order valence-corrected chi connectivity index (χ1v) is 12.6. The Morgan fingerprint density at radius 2 is 1.72 bits per heavy atom. The molecule has 1 aliphatic heterocycles. The van der Waals surface area contributed by atoms with Crippen LogP contribution in [-0.2, 0) is 9.53 Å². The minimum atomic E-state index is -0.627. The molecule has 2 aromatic heterocycles. The van der Waals surface area contributed by atoms with Crippen LogP contribution in [0, 0.1) is 0 Å². The van der Waals surface area contributed by atoms with Crippen molar-refractivity contribution in [3.05, 3.63) is 87.1 Å². The van der Waals surface area contributed by atoms with Crippen LogP contribution in [0.5, 0.6) is 17.2 Å². The van der Waals surface area contributed by atoms with E-state index < -0.39 is 5.92 Å². The molecule has 0 aliphatic carbocycles. The molecule has 0 spiro atoms. The maximum atomic E-state index is 12.7. The third-order valence-electron chi connectivity index (χ3n) is 5.95. The maximum Gasteiger partial charge on any atom is 0.317 e. The molecule has 9 heteroatoms. The maximum absolute atomic E-state index is 12.7. The van der Waals surface area contributed by atoms with Crippen molar-refractivity contribution in [2.45, 2.75) is 5.92 Å². The van der Waals surface area contributed by atoms with E-state index >= 15 is 0 Å². The van der Waals surface area contributed by atoms with Gasteiger partial charge in [-0.05, 0) is 59.0 Å². The smallest absolute Gasteiger partial charge is 0.317 e. The summed E-state index contributed by atoms with van der Waals surface area (Å²) in [6.45, 7) is 0.124. The third-order valence-corrected chi connectivity index (χ3v) is 6.94. The number of aromatic amines is 2. The lowest BCUT2D eigenvalue weighted by Crippen LogP contribution is -2.15. The van der Waals surface area contributed by atoms with Gasteiger partial charge in [0.15, 0.2) is 11.5 Å². The van der Waals surface area contributed by atoms with E-state index in [4.69, 9.17) is 18.9 Å². The fourth-order valence-electron chi connectivity index (χ4n) is 4.26. The van der Waals surface area contributed by atoms with E-state index in [9.17, 15) is 4.79 Å². The molecule has 0 fully saturated rings. The zero-order valence-electron chi connectivity index (χ0n) is 19.4. The van der Waals surface area contributed by atoms with Gasteiger partial charge in [0.2, 0.25) is 12.5 Å². The predicted molar refractivity (Wildman–Crippen MR) is 145 cm³/mol. The fraction of sp³-hybridized carbons (Fsp3) is 0.148. The molecular formula is C27H22Br2N2O5. The van der Waals surface area contributed by atoms with Crippen LogP contribution in [0.3, 0.4) is 0 Å². The second kappa shape index (κ2) is 10.3. The van der Waals surface area contributed by atoms with E-state index in [0.717, 1.165) is 25.4 Å². The van der Waals surface area contributed by atoms with Gasteiger partial charge in [-0.2, -0.15) is 0 Å². The Kier molecular flexibility index (Phi) is 6.93. The Labute approximate surface area is 224 Å². The molecule has 0 amide bonds. The van der Waals surface area contributed by atoms with Crippen LogP contribution < -0.4 is 14.2 Å². The van der Waals surface area contributed by atoms with Gasteiger partial charge in [0.25, 0.3) is 0 Å². The topological polar surface area (TPSA) is 85.6 Å². The first-order valence-electron chi connectivity index (χ1n) is 11.0. The van der Waals surface area contributed by atoms with Gasteiger partial charge in [0, 0.05) is 37.8 Å². The molecule has 5 aromatic rings. The standard InChI is InChI=1S/C19H16BrNO5.C8H6BrN/c1-23-15-5-10(6-16-18(15)26-9-25-16)17(19(22)24-2)13-8-21-14-7-11(20)3-4-12(13)14;9-7-2-1-6-3-4-10-8(6)5-7/h3-8,17,21H,9H2,1-2H3;1-5,10H. The van der Waals surface area contributed by atoms with Crippen LogP contribution in [0.25, 0.3) is 21.8 Å². The number of methoxy groups -OCH3 is 2. The van der Waals surface area contributed by atoms with Crippen LogP contribution in [0.15, 0.2) is 75.9 Å². The first kappa shape index (κ1) is 24.3. The highest BCUT2D eigenvalue weighted by atomic mass is 79.9. The number of hydrogen-bond acceptors (Lipinski definition) is 5. The molecule has 1 atom stereocenters. The van der Waals surface area contributed by atoms with Crippen molar-refractivity contribution in [2.24, 2.45) is 0 Å². The minimum Gasteiger partial charge on any atom is -0.493 e. The summed E-state index contributed by atoms with van der Waals surface area (Å²) in [6.07, 6.45) is 3.77. The Bertz CT molecular complexity index is 1560. The Morgan fingerprint density at radius 1 is 0.944 bits per heavy atom. The molecule has 0 saturated carbocycles. The normalized spacial score (nSPS) is 12.8. The van der Waals surface area contributed by atoms with Crippen LogP contribution >= 0.6 is 31.9 Å². The lowest BCUT2D eigenvalue weighted by molar-refractivity contribution is -0.141. The number of hydrogen-bond donors (Lipinski definition) is 2. The minimum absolute atomic E-state index is 0.124. The number of halogens is 2. The van der Waals surface area contributed by atoms with Gasteiger partial charge in [0.05, 0.1) is 14.2 Å². The van der Waals surface area contributed by atoms with Crippen molar-refractivity contribution in [1.82, 2.24) is 9.97 Å². The van der Waals surface area contributed by atoms with Crippen molar-refractivity contribution in [1.29, 1.82) is 0 Å². The van der Waals surface area contributed by atoms with Crippen LogP contribution in [0.4, 0.5) is 0 Å². The highest BCUT2D eigenvalue weighted by Crippen LogP contribution is 2.45. The average molecular weight is 614 g/mol. The number of fused-ring (bicyclic) bond motifs is 3. The number of carbonyl (C=O) groups excluding carboxylic acids is 1. The summed E-state index contributed by atoms with van der Waals surface area (Å²) in [5.74, 6) is 0.623. The van der Waals surface area contributed by atoms with Gasteiger partial charge in [-0.15, -0.1) is 0 Å². The summed E-state index contributed by atoms with van der Waals surface area (Å²) in [7, 11) is 2.93. The van der Waals surface area contributed by atoms with E-state index in [-0.39, 0.29) is 12.8 Å². The van der Waals surface area contributed by atoms with E-state index in [1.807, 2.05) is 36.7 Å². The third kappa shape index (κ3) is 4.68. The van der Waals surface area contributed by atoms with E-state index in [1.54, 1.807) is 19.2 Å². The quantitative estimate of drug-likeness (QED) is 0.215. The lowest BCUT2D eigenvalue weighted by atomic mass is 9.90. The molecular weight excluding hydrogens is 592 g/mol. The Morgan fingerprint density at radius 3 is 2.50 bits per heavy atom. The summed E-state index contributed by atoms with van der Waals surface area (Å²) in [5.41, 5.74) is 3.63. The molecule has 7 nitrogen and oxygen atoms in total. The van der Waals surface area contributed by atoms with Crippen molar-refractivity contribution in [2.75, 3.05) is 21.0 Å². The highest BCUT2D eigenvalue weighted by molar-refractivity contribution is 9.10. The van der Waals surface area contributed by atoms with Crippen LogP contribution in [0.2, 0.25) is 0 Å². The summed E-state index contributed by atoms with van der Waals surface area (Å²) in [6, 6.07) is 17.7. The van der Waals surface area contributed by atoms with Crippen LogP contribution in [-0.4, -0.2) is 36.9 Å². The van der Waals surface area contributed by atoms with E-state index in [2.05, 4.69) is 60.0 Å². The highest BCUT2D eigenvalue weighted by Gasteiger charge is 2.30. The number of H-pyrrole nitrogens is 2. The molecule has 0 saturated heterocycles. The van der Waals surface area contributed by atoms with Crippen molar-refractivity contribution >= 4 is 59.6 Å². The van der Waals surface area contributed by atoms with Crippen molar-refractivity contribution < 1.29 is 23.7 Å². The van der Waals surface area contributed by atoms with Gasteiger partial charge in [0.1, 0.15) is 5.92 Å². The molecule has 1 aliphatic rings. The molecule has 0 radical (unpaired) electrons.